The molecule has 5 nitrogen and oxygen atoms in total. The van der Waals surface area contributed by atoms with E-state index in [1.165, 1.54) is 4.90 Å². The van der Waals surface area contributed by atoms with Crippen LogP contribution in [0.5, 0.6) is 0 Å². The van der Waals surface area contributed by atoms with E-state index in [0.29, 0.717) is 10.7 Å². The number of aryl methyl sites for hydroxylation is 1. The Morgan fingerprint density at radius 2 is 1.61 bits per heavy atom. The summed E-state index contributed by atoms with van der Waals surface area (Å²) in [6.45, 7) is 1.87. The first-order valence-corrected chi connectivity index (χ1v) is 11.0. The molecule has 0 spiro atoms. The summed E-state index contributed by atoms with van der Waals surface area (Å²) in [6.07, 6.45) is -0.901. The van der Waals surface area contributed by atoms with Gasteiger partial charge in [-0.3, -0.25) is 14.4 Å². The zero-order valence-corrected chi connectivity index (χ0v) is 18.9. The van der Waals surface area contributed by atoms with Crippen LogP contribution in [0.4, 0.5) is 11.4 Å². The standard InChI is InChI=1S/C24H18BrClN2O3/c1-14-7-12-18(13-19(14)26)27-23(29)20-21(15-8-10-16(25)11-9-15)28(31-22(20)24(27)30)17-5-3-2-4-6-17/h2-13,20-22H,1H3/t20-,21+,22+/m0/s1. The lowest BCUT2D eigenvalue weighted by molar-refractivity contribution is -0.126. The highest BCUT2D eigenvalue weighted by Crippen LogP contribution is 2.47. The van der Waals surface area contributed by atoms with E-state index in [-0.39, 0.29) is 11.8 Å². The highest BCUT2D eigenvalue weighted by atomic mass is 79.9. The Morgan fingerprint density at radius 1 is 0.903 bits per heavy atom. The van der Waals surface area contributed by atoms with E-state index in [1.807, 2.05) is 61.5 Å². The molecule has 0 radical (unpaired) electrons. The second kappa shape index (κ2) is 7.79. The summed E-state index contributed by atoms with van der Waals surface area (Å²) in [7, 11) is 0. The summed E-state index contributed by atoms with van der Waals surface area (Å²) in [5.41, 5.74) is 3.02. The van der Waals surface area contributed by atoms with Crippen molar-refractivity contribution in [3.63, 3.8) is 0 Å². The van der Waals surface area contributed by atoms with Crippen molar-refractivity contribution in [1.29, 1.82) is 0 Å². The Kier molecular flexibility index (Phi) is 5.08. The fourth-order valence-corrected chi connectivity index (χ4v) is 4.63. The van der Waals surface area contributed by atoms with Crippen LogP contribution in [0.1, 0.15) is 17.2 Å². The quantitative estimate of drug-likeness (QED) is 0.451. The highest BCUT2D eigenvalue weighted by Gasteiger charge is 2.60. The average Bonchev–Trinajstić information content (AvgIpc) is 3.28. The van der Waals surface area contributed by atoms with E-state index in [1.54, 1.807) is 23.3 Å². The number of hydroxylamine groups is 1. The first kappa shape index (κ1) is 20.2. The average molecular weight is 498 g/mol. The van der Waals surface area contributed by atoms with Gasteiger partial charge in [-0.05, 0) is 54.4 Å². The van der Waals surface area contributed by atoms with E-state index < -0.39 is 18.1 Å². The molecule has 3 aromatic carbocycles. The summed E-state index contributed by atoms with van der Waals surface area (Å²) >= 11 is 9.72. The largest absolute Gasteiger partial charge is 0.273 e. The van der Waals surface area contributed by atoms with E-state index >= 15 is 0 Å². The third-order valence-electron chi connectivity index (χ3n) is 5.75. The minimum absolute atomic E-state index is 0.290. The van der Waals surface area contributed by atoms with Crippen molar-refractivity contribution >= 4 is 50.7 Å². The molecule has 2 aliphatic rings. The molecule has 0 bridgehead atoms. The Morgan fingerprint density at radius 3 is 2.29 bits per heavy atom. The smallest absolute Gasteiger partial charge is 0.266 e. The van der Waals surface area contributed by atoms with Crippen LogP contribution >= 0.6 is 27.5 Å². The number of amides is 2. The lowest BCUT2D eigenvalue weighted by Gasteiger charge is -2.28. The van der Waals surface area contributed by atoms with E-state index in [0.717, 1.165) is 21.3 Å². The number of anilines is 2. The maximum Gasteiger partial charge on any atom is 0.266 e. The lowest BCUT2D eigenvalue weighted by Crippen LogP contribution is -2.37. The number of rotatable bonds is 3. The van der Waals surface area contributed by atoms with Gasteiger partial charge in [0.15, 0.2) is 6.10 Å². The number of halogens is 2. The number of nitrogens with zero attached hydrogens (tertiary/aromatic N) is 2. The molecule has 3 aromatic rings. The maximum absolute atomic E-state index is 13.6. The molecule has 2 amide bonds. The van der Waals surface area contributed by atoms with Gasteiger partial charge in [-0.25, -0.2) is 9.96 Å². The Balaban J connectivity index is 1.58. The summed E-state index contributed by atoms with van der Waals surface area (Å²) in [5.74, 6) is -1.34. The molecule has 2 saturated heterocycles. The van der Waals surface area contributed by atoms with Crippen LogP contribution in [0.15, 0.2) is 77.3 Å². The molecule has 2 fully saturated rings. The van der Waals surface area contributed by atoms with Crippen molar-refractivity contribution in [2.45, 2.75) is 19.1 Å². The molecular formula is C24H18BrClN2O3. The second-order valence-electron chi connectivity index (χ2n) is 7.65. The molecule has 0 unspecified atom stereocenters. The van der Waals surface area contributed by atoms with Crippen LogP contribution in [-0.2, 0) is 14.4 Å². The van der Waals surface area contributed by atoms with Gasteiger partial charge in [0.05, 0.1) is 17.4 Å². The van der Waals surface area contributed by atoms with Gasteiger partial charge in [-0.15, -0.1) is 0 Å². The van der Waals surface area contributed by atoms with Crippen LogP contribution < -0.4 is 9.96 Å². The molecule has 0 aliphatic carbocycles. The van der Waals surface area contributed by atoms with Gasteiger partial charge in [-0.2, -0.15) is 0 Å². The zero-order chi connectivity index (χ0) is 21.7. The molecule has 5 rings (SSSR count). The third kappa shape index (κ3) is 3.35. The zero-order valence-electron chi connectivity index (χ0n) is 16.5. The van der Waals surface area contributed by atoms with Crippen LogP contribution in [0.25, 0.3) is 0 Å². The minimum Gasteiger partial charge on any atom is -0.273 e. The topological polar surface area (TPSA) is 49.9 Å². The maximum atomic E-state index is 13.6. The van der Waals surface area contributed by atoms with E-state index in [2.05, 4.69) is 15.9 Å². The van der Waals surface area contributed by atoms with Gasteiger partial charge in [-0.1, -0.05) is 63.9 Å². The first-order valence-electron chi connectivity index (χ1n) is 9.86. The predicted octanol–water partition coefficient (Wildman–Crippen LogP) is 5.46. The summed E-state index contributed by atoms with van der Waals surface area (Å²) in [5, 5.41) is 2.19. The molecule has 2 aliphatic heterocycles. The van der Waals surface area contributed by atoms with Crippen molar-refractivity contribution in [1.82, 2.24) is 0 Å². The van der Waals surface area contributed by atoms with Gasteiger partial charge in [0, 0.05) is 9.50 Å². The third-order valence-corrected chi connectivity index (χ3v) is 6.69. The molecule has 31 heavy (non-hydrogen) atoms. The molecule has 7 heteroatoms. The number of fused-ring (bicyclic) bond motifs is 1. The van der Waals surface area contributed by atoms with Crippen molar-refractivity contribution in [3.05, 3.63) is 93.4 Å². The molecule has 3 atom stereocenters. The van der Waals surface area contributed by atoms with Gasteiger partial charge < -0.3 is 0 Å². The Hall–Kier alpha value is -2.67. The summed E-state index contributed by atoms with van der Waals surface area (Å²) < 4.78 is 0.933. The molecule has 0 N–H and O–H groups in total. The Labute approximate surface area is 193 Å². The fraction of sp³-hybridized carbons (Fsp3) is 0.167. The predicted molar refractivity (Wildman–Crippen MR) is 123 cm³/mol. The molecule has 156 valence electrons. The normalized spacial score (nSPS) is 22.9. The van der Waals surface area contributed by atoms with Crippen molar-refractivity contribution < 1.29 is 14.4 Å². The number of benzene rings is 3. The van der Waals surface area contributed by atoms with Gasteiger partial charge in [0.1, 0.15) is 5.92 Å². The van der Waals surface area contributed by atoms with Crippen LogP contribution in [0, 0.1) is 12.8 Å². The van der Waals surface area contributed by atoms with Crippen LogP contribution in [-0.4, -0.2) is 17.9 Å². The second-order valence-corrected chi connectivity index (χ2v) is 8.98. The van der Waals surface area contributed by atoms with Gasteiger partial charge in [0.2, 0.25) is 5.91 Å². The molecule has 2 heterocycles. The van der Waals surface area contributed by atoms with Crippen LogP contribution in [0.2, 0.25) is 5.02 Å². The van der Waals surface area contributed by atoms with E-state index in [9.17, 15) is 9.59 Å². The number of hydrogen-bond acceptors (Lipinski definition) is 4. The Bertz CT molecular complexity index is 1170. The first-order chi connectivity index (χ1) is 15.0. The monoisotopic (exact) mass is 496 g/mol. The SMILES string of the molecule is Cc1ccc(N2C(=O)[C@H]3[C@@H](c4ccc(Br)cc4)N(c4ccccc4)O[C@H]3C2=O)cc1Cl. The lowest BCUT2D eigenvalue weighted by atomic mass is 9.90. The minimum atomic E-state index is -0.901. The van der Waals surface area contributed by atoms with Crippen molar-refractivity contribution in [2.24, 2.45) is 5.92 Å². The number of para-hydroxylation sites is 1. The number of imide groups is 1. The van der Waals surface area contributed by atoms with Gasteiger partial charge >= 0.3 is 0 Å². The summed E-state index contributed by atoms with van der Waals surface area (Å²) in [6, 6.07) is 22.0. The van der Waals surface area contributed by atoms with Crippen molar-refractivity contribution in [2.75, 3.05) is 9.96 Å². The number of hydrogen-bond donors (Lipinski definition) is 0. The van der Waals surface area contributed by atoms with E-state index in [4.69, 9.17) is 16.4 Å². The molecule has 0 aromatic heterocycles. The number of carbonyl (C=O) groups excluding carboxylic acids is 2. The van der Waals surface area contributed by atoms with Gasteiger partial charge in [0.25, 0.3) is 5.91 Å². The molecule has 0 saturated carbocycles. The van der Waals surface area contributed by atoms with Crippen LogP contribution in [0.3, 0.4) is 0 Å². The van der Waals surface area contributed by atoms with Crippen molar-refractivity contribution in [3.8, 4) is 0 Å². The fourth-order valence-electron chi connectivity index (χ4n) is 4.19. The summed E-state index contributed by atoms with van der Waals surface area (Å²) in [4.78, 5) is 34.2. The highest BCUT2D eigenvalue weighted by molar-refractivity contribution is 9.10. The number of carbonyl (C=O) groups is 2. The molecular weight excluding hydrogens is 480 g/mol.